The number of rotatable bonds is 5. The van der Waals surface area contributed by atoms with Crippen LogP contribution < -0.4 is 10.1 Å². The summed E-state index contributed by atoms with van der Waals surface area (Å²) in [6, 6.07) is 12.3. The van der Waals surface area contributed by atoms with E-state index in [0.29, 0.717) is 24.3 Å². The third-order valence-electron chi connectivity index (χ3n) is 5.15. The fourth-order valence-electron chi connectivity index (χ4n) is 3.67. The van der Waals surface area contributed by atoms with Gasteiger partial charge in [-0.2, -0.15) is 0 Å². The van der Waals surface area contributed by atoms with Gasteiger partial charge < -0.3 is 14.8 Å². The maximum atomic E-state index is 13.9. The summed E-state index contributed by atoms with van der Waals surface area (Å²) in [5, 5.41) is 3.80. The van der Waals surface area contributed by atoms with Gasteiger partial charge in [0.1, 0.15) is 0 Å². The van der Waals surface area contributed by atoms with Gasteiger partial charge in [-0.25, -0.2) is 4.39 Å². The summed E-state index contributed by atoms with van der Waals surface area (Å²) in [6.45, 7) is 3.86. The minimum absolute atomic E-state index is 0.00491. The van der Waals surface area contributed by atoms with Crippen LogP contribution >= 0.6 is 11.6 Å². The first-order valence-corrected chi connectivity index (χ1v) is 9.76. The van der Waals surface area contributed by atoms with E-state index < -0.39 is 11.4 Å². The summed E-state index contributed by atoms with van der Waals surface area (Å²) in [5.74, 6) is -0.248. The Morgan fingerprint density at radius 1 is 1.21 bits per heavy atom. The van der Waals surface area contributed by atoms with Crippen LogP contribution in [0.3, 0.4) is 0 Å². The van der Waals surface area contributed by atoms with Crippen molar-refractivity contribution in [3.05, 3.63) is 64.4 Å². The molecule has 0 aliphatic carbocycles. The fraction of sp³-hybridized carbons (Fsp3) is 0.409. The minimum Gasteiger partial charge on any atom is -0.494 e. The SMILES string of the molecule is CCC(=O)N[C@@]1(C)C[C@@H](c2ccc(Cl)cc2)O[C@@H](c2ccc(F)c(OC)c2)C1. The molecule has 1 fully saturated rings. The summed E-state index contributed by atoms with van der Waals surface area (Å²) in [7, 11) is 1.44. The van der Waals surface area contributed by atoms with Gasteiger partial charge >= 0.3 is 0 Å². The van der Waals surface area contributed by atoms with Crippen LogP contribution in [0, 0.1) is 5.82 Å². The van der Waals surface area contributed by atoms with Crippen molar-refractivity contribution in [1.82, 2.24) is 5.32 Å². The van der Waals surface area contributed by atoms with Gasteiger partial charge in [-0.3, -0.25) is 4.79 Å². The van der Waals surface area contributed by atoms with Crippen molar-refractivity contribution in [1.29, 1.82) is 0 Å². The Labute approximate surface area is 170 Å². The number of hydrogen-bond donors (Lipinski definition) is 1. The molecule has 0 aromatic heterocycles. The average Bonchev–Trinajstić information content (AvgIpc) is 2.68. The van der Waals surface area contributed by atoms with Crippen molar-refractivity contribution in [2.24, 2.45) is 0 Å². The number of amides is 1. The molecule has 1 aliphatic rings. The molecule has 6 heteroatoms. The van der Waals surface area contributed by atoms with Crippen LogP contribution in [0.2, 0.25) is 5.02 Å². The van der Waals surface area contributed by atoms with Gasteiger partial charge in [-0.1, -0.05) is 36.7 Å². The second-order valence-electron chi connectivity index (χ2n) is 7.43. The molecule has 4 nitrogen and oxygen atoms in total. The maximum Gasteiger partial charge on any atom is 0.220 e. The van der Waals surface area contributed by atoms with E-state index in [2.05, 4.69) is 5.32 Å². The molecule has 28 heavy (non-hydrogen) atoms. The van der Waals surface area contributed by atoms with E-state index >= 15 is 0 Å². The van der Waals surface area contributed by atoms with E-state index in [9.17, 15) is 9.18 Å². The Hall–Kier alpha value is -2.11. The Morgan fingerprint density at radius 3 is 2.43 bits per heavy atom. The first-order chi connectivity index (χ1) is 13.3. The normalized spacial score (nSPS) is 24.6. The Bertz CT molecular complexity index is 842. The zero-order valence-electron chi connectivity index (χ0n) is 16.3. The van der Waals surface area contributed by atoms with E-state index in [4.69, 9.17) is 21.1 Å². The molecule has 3 atom stereocenters. The Balaban J connectivity index is 1.94. The molecule has 2 aromatic rings. The van der Waals surface area contributed by atoms with Crippen molar-refractivity contribution in [2.75, 3.05) is 7.11 Å². The first kappa shape index (κ1) is 20.6. The molecule has 150 valence electrons. The van der Waals surface area contributed by atoms with Gasteiger partial charge in [0, 0.05) is 29.8 Å². The zero-order valence-corrected chi connectivity index (χ0v) is 17.1. The highest BCUT2D eigenvalue weighted by Gasteiger charge is 2.40. The van der Waals surface area contributed by atoms with E-state index in [0.717, 1.165) is 11.1 Å². The molecule has 0 spiro atoms. The van der Waals surface area contributed by atoms with Crippen molar-refractivity contribution in [3.8, 4) is 5.75 Å². The second kappa shape index (κ2) is 8.50. The van der Waals surface area contributed by atoms with Crippen LogP contribution in [-0.2, 0) is 9.53 Å². The van der Waals surface area contributed by atoms with Gasteiger partial charge in [-0.05, 0) is 42.3 Å². The number of nitrogens with one attached hydrogen (secondary N) is 1. The number of carbonyl (C=O) groups excluding carboxylic acids is 1. The molecule has 0 unspecified atom stereocenters. The van der Waals surface area contributed by atoms with Gasteiger partial charge in [0.25, 0.3) is 0 Å². The standard InChI is InChI=1S/C22H25ClFNO3/c1-4-21(26)25-22(2)12-19(14-5-8-16(23)9-6-14)28-20(13-22)15-7-10-17(24)18(11-15)27-3/h5-11,19-20H,4,12-13H2,1-3H3,(H,25,26)/t19-,20+,22-/m0/s1. The smallest absolute Gasteiger partial charge is 0.220 e. The number of carbonyl (C=O) groups is 1. The average molecular weight is 406 g/mol. The van der Waals surface area contributed by atoms with E-state index in [1.165, 1.54) is 13.2 Å². The number of benzene rings is 2. The lowest BCUT2D eigenvalue weighted by Crippen LogP contribution is -2.50. The fourth-order valence-corrected chi connectivity index (χ4v) is 3.80. The lowest BCUT2D eigenvalue weighted by molar-refractivity contribution is -0.128. The molecule has 1 amide bonds. The van der Waals surface area contributed by atoms with Gasteiger partial charge in [0.15, 0.2) is 11.6 Å². The second-order valence-corrected chi connectivity index (χ2v) is 7.87. The molecular weight excluding hydrogens is 381 g/mol. The van der Waals surface area contributed by atoms with E-state index in [-0.39, 0.29) is 23.9 Å². The number of methoxy groups -OCH3 is 1. The van der Waals surface area contributed by atoms with E-state index in [1.54, 1.807) is 12.1 Å². The largest absolute Gasteiger partial charge is 0.494 e. The van der Waals surface area contributed by atoms with Crippen LogP contribution in [0.5, 0.6) is 5.75 Å². The van der Waals surface area contributed by atoms with Crippen molar-refractivity contribution >= 4 is 17.5 Å². The highest BCUT2D eigenvalue weighted by molar-refractivity contribution is 6.30. The highest BCUT2D eigenvalue weighted by atomic mass is 35.5. The van der Waals surface area contributed by atoms with E-state index in [1.807, 2.05) is 38.1 Å². The molecule has 2 aromatic carbocycles. The summed E-state index contributed by atoms with van der Waals surface area (Å²) in [5.41, 5.74) is 1.34. The molecule has 1 N–H and O–H groups in total. The third-order valence-corrected chi connectivity index (χ3v) is 5.40. The summed E-state index contributed by atoms with van der Waals surface area (Å²) in [6.07, 6.45) is 1.09. The zero-order chi connectivity index (χ0) is 20.3. The van der Waals surface area contributed by atoms with Gasteiger partial charge in [0.05, 0.1) is 19.3 Å². The number of ether oxygens (including phenoxy) is 2. The quantitative estimate of drug-likeness (QED) is 0.727. The van der Waals surface area contributed by atoms with Crippen molar-refractivity contribution in [2.45, 2.75) is 50.9 Å². The topological polar surface area (TPSA) is 47.6 Å². The third kappa shape index (κ3) is 4.65. The molecular formula is C22H25ClFNO3. The predicted octanol–water partition coefficient (Wildman–Crippen LogP) is 5.37. The Morgan fingerprint density at radius 2 is 1.82 bits per heavy atom. The monoisotopic (exact) mass is 405 g/mol. The molecule has 1 saturated heterocycles. The van der Waals surface area contributed by atoms with Crippen molar-refractivity contribution in [3.63, 3.8) is 0 Å². The van der Waals surface area contributed by atoms with Gasteiger partial charge in [0.2, 0.25) is 5.91 Å². The lowest BCUT2D eigenvalue weighted by Gasteiger charge is -2.43. The molecule has 3 rings (SSSR count). The maximum absolute atomic E-state index is 13.9. The van der Waals surface area contributed by atoms with Crippen LogP contribution in [0.4, 0.5) is 4.39 Å². The van der Waals surface area contributed by atoms with Crippen LogP contribution in [0.1, 0.15) is 56.4 Å². The highest BCUT2D eigenvalue weighted by Crippen LogP contribution is 2.44. The first-order valence-electron chi connectivity index (χ1n) is 9.39. The van der Waals surface area contributed by atoms with Gasteiger partial charge in [-0.15, -0.1) is 0 Å². The molecule has 0 radical (unpaired) electrons. The van der Waals surface area contributed by atoms with Crippen molar-refractivity contribution < 1.29 is 18.7 Å². The summed E-state index contributed by atoms with van der Waals surface area (Å²) >= 11 is 6.02. The molecule has 0 saturated carbocycles. The Kier molecular flexibility index (Phi) is 6.26. The lowest BCUT2D eigenvalue weighted by atomic mass is 9.81. The number of halogens is 2. The predicted molar refractivity (Wildman–Crippen MR) is 107 cm³/mol. The molecule has 0 bridgehead atoms. The van der Waals surface area contributed by atoms with Crippen LogP contribution in [-0.4, -0.2) is 18.6 Å². The summed E-state index contributed by atoms with van der Waals surface area (Å²) < 4.78 is 25.3. The van der Waals surface area contributed by atoms with Crippen LogP contribution in [0.15, 0.2) is 42.5 Å². The molecule has 1 heterocycles. The molecule has 1 aliphatic heterocycles. The van der Waals surface area contributed by atoms with Crippen LogP contribution in [0.25, 0.3) is 0 Å². The number of hydrogen-bond acceptors (Lipinski definition) is 3. The minimum atomic E-state index is -0.456. The summed E-state index contributed by atoms with van der Waals surface area (Å²) in [4.78, 5) is 12.1.